The number of halogens is 1. The molecule has 0 unspecified atom stereocenters. The molecule has 0 amide bonds. The molecule has 0 aliphatic rings. The van der Waals surface area contributed by atoms with Gasteiger partial charge in [0.15, 0.2) is 17.3 Å². The van der Waals surface area contributed by atoms with E-state index in [-0.39, 0.29) is 17.3 Å². The minimum Gasteiger partial charge on any atom is -0.464 e. The largest absolute Gasteiger partial charge is 0.464 e. The summed E-state index contributed by atoms with van der Waals surface area (Å²) in [6.07, 6.45) is 2.43. The lowest BCUT2D eigenvalue weighted by Gasteiger charge is -2.07. The molecule has 5 nitrogen and oxygen atoms in total. The molecule has 0 atom stereocenters. The Kier molecular flexibility index (Phi) is 3.70. The van der Waals surface area contributed by atoms with Gasteiger partial charge >= 0.3 is 5.97 Å². The van der Waals surface area contributed by atoms with Crippen LogP contribution in [-0.4, -0.2) is 23.0 Å². The van der Waals surface area contributed by atoms with Crippen molar-refractivity contribution >= 4 is 5.97 Å². The van der Waals surface area contributed by atoms with Gasteiger partial charge in [0.05, 0.1) is 19.5 Å². The van der Waals surface area contributed by atoms with Gasteiger partial charge in [-0.2, -0.15) is 0 Å². The highest BCUT2D eigenvalue weighted by Gasteiger charge is 2.10. The van der Waals surface area contributed by atoms with Gasteiger partial charge in [-0.15, -0.1) is 0 Å². The Hall–Kier alpha value is -2.50. The third-order valence-corrected chi connectivity index (χ3v) is 2.39. The second kappa shape index (κ2) is 5.43. The standard InChI is InChI=1S/C13H11FN2O3/c1-8-4-3-5-10(12(8)14)19-11-7-15-9(6-16-11)13(17)18-2/h3-7H,1-2H3. The van der Waals surface area contributed by atoms with Crippen molar-refractivity contribution in [1.82, 2.24) is 9.97 Å². The third kappa shape index (κ3) is 2.85. The Bertz CT molecular complexity index is 599. The van der Waals surface area contributed by atoms with E-state index in [0.717, 1.165) is 0 Å². The van der Waals surface area contributed by atoms with E-state index in [9.17, 15) is 9.18 Å². The first-order valence-electron chi connectivity index (χ1n) is 5.45. The summed E-state index contributed by atoms with van der Waals surface area (Å²) in [6, 6.07) is 4.79. The maximum Gasteiger partial charge on any atom is 0.358 e. The van der Waals surface area contributed by atoms with E-state index < -0.39 is 11.8 Å². The van der Waals surface area contributed by atoms with Gasteiger partial charge in [0, 0.05) is 0 Å². The average molecular weight is 262 g/mol. The lowest BCUT2D eigenvalue weighted by Crippen LogP contribution is -2.05. The van der Waals surface area contributed by atoms with Gasteiger partial charge < -0.3 is 9.47 Å². The number of hydrogen-bond donors (Lipinski definition) is 0. The molecule has 0 spiro atoms. The number of aromatic nitrogens is 2. The van der Waals surface area contributed by atoms with Crippen LogP contribution in [-0.2, 0) is 4.74 Å². The zero-order valence-electron chi connectivity index (χ0n) is 10.4. The van der Waals surface area contributed by atoms with E-state index in [0.29, 0.717) is 5.56 Å². The monoisotopic (exact) mass is 262 g/mol. The van der Waals surface area contributed by atoms with Gasteiger partial charge in [-0.05, 0) is 18.6 Å². The van der Waals surface area contributed by atoms with Crippen LogP contribution < -0.4 is 4.74 Å². The van der Waals surface area contributed by atoms with Gasteiger partial charge in [-0.3, -0.25) is 0 Å². The number of carbonyl (C=O) groups is 1. The molecule has 1 heterocycles. The van der Waals surface area contributed by atoms with E-state index in [2.05, 4.69) is 14.7 Å². The smallest absolute Gasteiger partial charge is 0.358 e. The third-order valence-electron chi connectivity index (χ3n) is 2.39. The maximum atomic E-state index is 13.7. The Morgan fingerprint density at radius 1 is 1.26 bits per heavy atom. The minimum absolute atomic E-state index is 0.0552. The van der Waals surface area contributed by atoms with Gasteiger partial charge in [0.2, 0.25) is 5.88 Å². The fourth-order valence-electron chi connectivity index (χ4n) is 1.39. The van der Waals surface area contributed by atoms with Crippen LogP contribution in [0.15, 0.2) is 30.6 Å². The molecule has 1 aromatic heterocycles. The van der Waals surface area contributed by atoms with Crippen molar-refractivity contribution in [3.05, 3.63) is 47.7 Å². The van der Waals surface area contributed by atoms with Crippen molar-refractivity contribution in [1.29, 1.82) is 0 Å². The number of nitrogens with zero attached hydrogens (tertiary/aromatic N) is 2. The van der Waals surface area contributed by atoms with Gasteiger partial charge in [-0.1, -0.05) is 12.1 Å². The van der Waals surface area contributed by atoms with Crippen LogP contribution in [0.25, 0.3) is 0 Å². The fraction of sp³-hybridized carbons (Fsp3) is 0.154. The highest BCUT2D eigenvalue weighted by molar-refractivity contribution is 5.86. The molecule has 2 aromatic rings. The van der Waals surface area contributed by atoms with Crippen molar-refractivity contribution in [3.8, 4) is 11.6 Å². The first kappa shape index (κ1) is 12.9. The highest BCUT2D eigenvalue weighted by atomic mass is 19.1. The summed E-state index contributed by atoms with van der Waals surface area (Å²) in [5, 5.41) is 0. The normalized spacial score (nSPS) is 10.1. The Balaban J connectivity index is 2.20. The summed E-state index contributed by atoms with van der Waals surface area (Å²) in [6.45, 7) is 1.63. The molecule has 0 fully saturated rings. The zero-order chi connectivity index (χ0) is 13.8. The first-order valence-corrected chi connectivity index (χ1v) is 5.45. The number of rotatable bonds is 3. The number of carbonyl (C=O) groups excluding carboxylic acids is 1. The lowest BCUT2D eigenvalue weighted by molar-refractivity contribution is 0.0593. The van der Waals surface area contributed by atoms with Crippen LogP contribution in [0.2, 0.25) is 0 Å². The minimum atomic E-state index is -0.596. The predicted octanol–water partition coefficient (Wildman–Crippen LogP) is 2.50. The Morgan fingerprint density at radius 2 is 2.05 bits per heavy atom. The van der Waals surface area contributed by atoms with Crippen molar-refractivity contribution in [3.63, 3.8) is 0 Å². The Morgan fingerprint density at radius 3 is 2.68 bits per heavy atom. The second-order valence-corrected chi connectivity index (χ2v) is 3.72. The molecular weight excluding hydrogens is 251 g/mol. The zero-order valence-corrected chi connectivity index (χ0v) is 10.4. The first-order chi connectivity index (χ1) is 9.11. The van der Waals surface area contributed by atoms with Crippen molar-refractivity contribution in [2.24, 2.45) is 0 Å². The highest BCUT2D eigenvalue weighted by Crippen LogP contribution is 2.24. The molecule has 0 aliphatic heterocycles. The molecule has 0 aliphatic carbocycles. The summed E-state index contributed by atoms with van der Waals surface area (Å²) < 4.78 is 23.4. The van der Waals surface area contributed by atoms with E-state index >= 15 is 0 Å². The summed E-state index contributed by atoms with van der Waals surface area (Å²) in [5.41, 5.74) is 0.524. The van der Waals surface area contributed by atoms with E-state index in [1.54, 1.807) is 19.1 Å². The molecule has 19 heavy (non-hydrogen) atoms. The summed E-state index contributed by atoms with van der Waals surface area (Å²) in [5.74, 6) is -0.903. The number of ether oxygens (including phenoxy) is 2. The van der Waals surface area contributed by atoms with Gasteiger partial charge in [0.1, 0.15) is 0 Å². The fourth-order valence-corrected chi connectivity index (χ4v) is 1.39. The van der Waals surface area contributed by atoms with Gasteiger partial charge in [0.25, 0.3) is 0 Å². The number of esters is 1. The van der Waals surface area contributed by atoms with Gasteiger partial charge in [-0.25, -0.2) is 19.2 Å². The molecule has 1 aromatic carbocycles. The number of methoxy groups -OCH3 is 1. The van der Waals surface area contributed by atoms with E-state index in [1.807, 2.05) is 0 Å². The van der Waals surface area contributed by atoms with E-state index in [1.165, 1.54) is 25.6 Å². The average Bonchev–Trinajstić information content (AvgIpc) is 2.44. The molecule has 98 valence electrons. The quantitative estimate of drug-likeness (QED) is 0.795. The van der Waals surface area contributed by atoms with Crippen molar-refractivity contribution in [2.75, 3.05) is 7.11 Å². The molecule has 6 heteroatoms. The molecular formula is C13H11FN2O3. The predicted molar refractivity (Wildman–Crippen MR) is 64.6 cm³/mol. The lowest BCUT2D eigenvalue weighted by atomic mass is 10.2. The number of hydrogen-bond acceptors (Lipinski definition) is 5. The second-order valence-electron chi connectivity index (χ2n) is 3.72. The topological polar surface area (TPSA) is 61.3 Å². The van der Waals surface area contributed by atoms with Crippen LogP contribution in [0.3, 0.4) is 0 Å². The van der Waals surface area contributed by atoms with Crippen LogP contribution in [0.4, 0.5) is 4.39 Å². The van der Waals surface area contributed by atoms with Crippen molar-refractivity contribution < 1.29 is 18.7 Å². The molecule has 0 bridgehead atoms. The number of benzene rings is 1. The van der Waals surface area contributed by atoms with E-state index in [4.69, 9.17) is 4.74 Å². The maximum absolute atomic E-state index is 13.7. The van der Waals surface area contributed by atoms with Crippen LogP contribution in [0, 0.1) is 12.7 Å². The molecule has 0 N–H and O–H groups in total. The SMILES string of the molecule is COC(=O)c1cnc(Oc2cccc(C)c2F)cn1. The Labute approximate surface area is 109 Å². The summed E-state index contributed by atoms with van der Waals surface area (Å²) in [7, 11) is 1.25. The summed E-state index contributed by atoms with van der Waals surface area (Å²) in [4.78, 5) is 18.8. The molecule has 0 saturated heterocycles. The molecule has 0 saturated carbocycles. The number of aryl methyl sites for hydroxylation is 1. The molecule has 0 radical (unpaired) electrons. The van der Waals surface area contributed by atoms with Crippen LogP contribution in [0.1, 0.15) is 16.1 Å². The van der Waals surface area contributed by atoms with Crippen molar-refractivity contribution in [2.45, 2.75) is 6.92 Å². The van der Waals surface area contributed by atoms with Crippen LogP contribution >= 0.6 is 0 Å². The summed E-state index contributed by atoms with van der Waals surface area (Å²) >= 11 is 0. The molecule has 2 rings (SSSR count). The van der Waals surface area contributed by atoms with Crippen LogP contribution in [0.5, 0.6) is 11.6 Å².